The number of nitrogens with one attached hydrogen (secondary N) is 1. The largest absolute Gasteiger partial charge is 0.478 e. The summed E-state index contributed by atoms with van der Waals surface area (Å²) >= 11 is 0. The average Bonchev–Trinajstić information content (AvgIpc) is 2.38. The predicted molar refractivity (Wildman–Crippen MR) is 73.8 cm³/mol. The van der Waals surface area contributed by atoms with E-state index in [4.69, 9.17) is 5.11 Å². The molecule has 0 bridgehead atoms. The first-order chi connectivity index (χ1) is 9.11. The molecule has 102 valence electrons. The molecule has 1 amide bonds. The van der Waals surface area contributed by atoms with E-state index in [9.17, 15) is 9.59 Å². The highest BCUT2D eigenvalue weighted by molar-refractivity contribution is 6.02. The number of hydrogen-bond acceptors (Lipinski definition) is 3. The molecule has 5 heteroatoms. The van der Waals surface area contributed by atoms with Crippen molar-refractivity contribution in [2.45, 2.75) is 26.2 Å². The van der Waals surface area contributed by atoms with Gasteiger partial charge < -0.3 is 15.3 Å². The minimum absolute atomic E-state index is 0.0490. The molecule has 0 fully saturated rings. The second-order valence-electron chi connectivity index (χ2n) is 4.71. The molecular weight excluding hydrogens is 244 g/mol. The Labute approximate surface area is 112 Å². The number of anilines is 2. The summed E-state index contributed by atoms with van der Waals surface area (Å²) in [4.78, 5) is 24.6. The van der Waals surface area contributed by atoms with E-state index >= 15 is 0 Å². The van der Waals surface area contributed by atoms with E-state index in [1.165, 1.54) is 6.07 Å². The maximum Gasteiger partial charge on any atom is 0.335 e. The topological polar surface area (TPSA) is 69.6 Å². The second kappa shape index (κ2) is 5.73. The SMILES string of the molecule is CCCCCN1CC(=O)Nc2ccc(C(=O)O)cc21. The molecule has 5 nitrogen and oxygen atoms in total. The van der Waals surface area contributed by atoms with E-state index in [2.05, 4.69) is 12.2 Å². The maximum atomic E-state index is 11.6. The number of hydrogen-bond donors (Lipinski definition) is 2. The van der Waals surface area contributed by atoms with E-state index in [0.717, 1.165) is 31.5 Å². The van der Waals surface area contributed by atoms with E-state index in [-0.39, 0.29) is 11.5 Å². The Morgan fingerprint density at radius 3 is 2.89 bits per heavy atom. The maximum absolute atomic E-state index is 11.6. The summed E-state index contributed by atoms with van der Waals surface area (Å²) in [6.07, 6.45) is 3.22. The molecule has 1 aromatic rings. The first-order valence-corrected chi connectivity index (χ1v) is 6.54. The third-order valence-electron chi connectivity index (χ3n) is 3.23. The van der Waals surface area contributed by atoms with E-state index in [1.807, 2.05) is 4.90 Å². The number of benzene rings is 1. The molecule has 19 heavy (non-hydrogen) atoms. The van der Waals surface area contributed by atoms with Gasteiger partial charge in [-0.15, -0.1) is 0 Å². The zero-order valence-corrected chi connectivity index (χ0v) is 11.0. The van der Waals surface area contributed by atoms with Crippen LogP contribution in [0.2, 0.25) is 0 Å². The fraction of sp³-hybridized carbons (Fsp3) is 0.429. The summed E-state index contributed by atoms with van der Waals surface area (Å²) < 4.78 is 0. The minimum Gasteiger partial charge on any atom is -0.478 e. The number of rotatable bonds is 5. The fourth-order valence-corrected chi connectivity index (χ4v) is 2.23. The fourth-order valence-electron chi connectivity index (χ4n) is 2.23. The molecule has 0 aliphatic carbocycles. The Kier molecular flexibility index (Phi) is 4.04. The molecule has 1 aromatic carbocycles. The Morgan fingerprint density at radius 1 is 1.42 bits per heavy atom. The van der Waals surface area contributed by atoms with Crippen LogP contribution >= 0.6 is 0 Å². The van der Waals surface area contributed by atoms with E-state index in [0.29, 0.717) is 12.2 Å². The third-order valence-corrected chi connectivity index (χ3v) is 3.23. The lowest BCUT2D eigenvalue weighted by Gasteiger charge is -2.31. The summed E-state index contributed by atoms with van der Waals surface area (Å²) in [5, 5.41) is 11.8. The predicted octanol–water partition coefficient (Wildman–Crippen LogP) is 2.33. The van der Waals surface area contributed by atoms with Gasteiger partial charge in [0.05, 0.1) is 23.5 Å². The van der Waals surface area contributed by atoms with Crippen LogP contribution in [-0.4, -0.2) is 30.1 Å². The third kappa shape index (κ3) is 3.05. The minimum atomic E-state index is -0.951. The number of carbonyl (C=O) groups excluding carboxylic acids is 1. The van der Waals surface area contributed by atoms with Crippen LogP contribution in [0.1, 0.15) is 36.5 Å². The van der Waals surface area contributed by atoms with Crippen molar-refractivity contribution in [1.82, 2.24) is 0 Å². The molecule has 1 aliphatic rings. The van der Waals surface area contributed by atoms with Crippen LogP contribution < -0.4 is 10.2 Å². The van der Waals surface area contributed by atoms with Crippen LogP contribution in [0, 0.1) is 0 Å². The van der Waals surface area contributed by atoms with Gasteiger partial charge >= 0.3 is 5.97 Å². The van der Waals surface area contributed by atoms with Gasteiger partial charge in [0.25, 0.3) is 0 Å². The standard InChI is InChI=1S/C14H18N2O3/c1-2-3-4-7-16-9-13(17)15-11-6-5-10(14(18)19)8-12(11)16/h5-6,8H,2-4,7,9H2,1H3,(H,15,17)(H,18,19). The highest BCUT2D eigenvalue weighted by Crippen LogP contribution is 2.30. The normalized spacial score (nSPS) is 13.9. The van der Waals surface area contributed by atoms with Crippen LogP contribution in [0.3, 0.4) is 0 Å². The van der Waals surface area contributed by atoms with Crippen LogP contribution in [0.25, 0.3) is 0 Å². The summed E-state index contributed by atoms with van der Waals surface area (Å²) in [6, 6.07) is 4.79. The Bertz CT molecular complexity index is 499. The quantitative estimate of drug-likeness (QED) is 0.799. The molecule has 0 atom stereocenters. The highest BCUT2D eigenvalue weighted by Gasteiger charge is 2.22. The van der Waals surface area contributed by atoms with Gasteiger partial charge in [-0.1, -0.05) is 19.8 Å². The molecule has 1 heterocycles. The average molecular weight is 262 g/mol. The van der Waals surface area contributed by atoms with Gasteiger partial charge in [-0.3, -0.25) is 4.79 Å². The number of carboxylic acids is 1. The van der Waals surface area contributed by atoms with Crippen LogP contribution in [-0.2, 0) is 4.79 Å². The molecule has 2 N–H and O–H groups in total. The molecule has 0 unspecified atom stereocenters. The van der Waals surface area contributed by atoms with Crippen molar-refractivity contribution in [3.05, 3.63) is 23.8 Å². The van der Waals surface area contributed by atoms with Gasteiger partial charge in [0, 0.05) is 6.54 Å². The van der Waals surface area contributed by atoms with Gasteiger partial charge in [0.15, 0.2) is 0 Å². The number of nitrogens with zero attached hydrogens (tertiary/aromatic N) is 1. The van der Waals surface area contributed by atoms with Crippen molar-refractivity contribution in [3.63, 3.8) is 0 Å². The van der Waals surface area contributed by atoms with Gasteiger partial charge in [-0.2, -0.15) is 0 Å². The van der Waals surface area contributed by atoms with E-state index in [1.54, 1.807) is 12.1 Å². The highest BCUT2D eigenvalue weighted by atomic mass is 16.4. The molecule has 0 spiro atoms. The van der Waals surface area contributed by atoms with Crippen molar-refractivity contribution >= 4 is 23.3 Å². The zero-order valence-electron chi connectivity index (χ0n) is 11.0. The lowest BCUT2D eigenvalue weighted by Crippen LogP contribution is -2.38. The van der Waals surface area contributed by atoms with Crippen LogP contribution in [0.15, 0.2) is 18.2 Å². The molecule has 0 aromatic heterocycles. The number of aromatic carboxylic acids is 1. The number of carbonyl (C=O) groups is 2. The summed E-state index contributed by atoms with van der Waals surface area (Å²) in [6.45, 7) is 3.19. The molecular formula is C14H18N2O3. The van der Waals surface area contributed by atoms with Crippen LogP contribution in [0.4, 0.5) is 11.4 Å². The zero-order chi connectivity index (χ0) is 13.8. The molecule has 2 rings (SSSR count). The van der Waals surface area contributed by atoms with Gasteiger partial charge in [-0.25, -0.2) is 4.79 Å². The van der Waals surface area contributed by atoms with Crippen LogP contribution in [0.5, 0.6) is 0 Å². The smallest absolute Gasteiger partial charge is 0.335 e. The first kappa shape index (κ1) is 13.4. The second-order valence-corrected chi connectivity index (χ2v) is 4.71. The van der Waals surface area contributed by atoms with Crippen molar-refractivity contribution in [1.29, 1.82) is 0 Å². The lowest BCUT2D eigenvalue weighted by atomic mass is 10.1. The lowest BCUT2D eigenvalue weighted by molar-refractivity contribution is -0.115. The summed E-state index contributed by atoms with van der Waals surface area (Å²) in [5.74, 6) is -1.000. The Hall–Kier alpha value is -2.04. The van der Waals surface area contributed by atoms with Gasteiger partial charge in [0.2, 0.25) is 5.91 Å². The Balaban J connectivity index is 2.25. The first-order valence-electron chi connectivity index (χ1n) is 6.54. The monoisotopic (exact) mass is 262 g/mol. The van der Waals surface area contributed by atoms with Crippen molar-refractivity contribution in [2.75, 3.05) is 23.3 Å². The number of amides is 1. The molecule has 0 radical (unpaired) electrons. The van der Waals surface area contributed by atoms with Gasteiger partial charge in [-0.05, 0) is 24.6 Å². The summed E-state index contributed by atoms with van der Waals surface area (Å²) in [5.41, 5.74) is 1.74. The van der Waals surface area contributed by atoms with Crippen molar-refractivity contribution < 1.29 is 14.7 Å². The number of unbranched alkanes of at least 4 members (excludes halogenated alkanes) is 2. The van der Waals surface area contributed by atoms with Gasteiger partial charge in [0.1, 0.15) is 0 Å². The molecule has 0 saturated heterocycles. The number of fused-ring (bicyclic) bond motifs is 1. The Morgan fingerprint density at radius 2 is 2.21 bits per heavy atom. The molecule has 0 saturated carbocycles. The van der Waals surface area contributed by atoms with Crippen molar-refractivity contribution in [3.8, 4) is 0 Å². The molecule has 1 aliphatic heterocycles. The van der Waals surface area contributed by atoms with Crippen molar-refractivity contribution in [2.24, 2.45) is 0 Å². The summed E-state index contributed by atoms with van der Waals surface area (Å²) in [7, 11) is 0. The van der Waals surface area contributed by atoms with E-state index < -0.39 is 5.97 Å². The number of carboxylic acid groups (broad SMARTS) is 1.